The van der Waals surface area contributed by atoms with E-state index in [1.165, 1.54) is 11.1 Å². The number of nitrogens with zero attached hydrogens (tertiary/aromatic N) is 5. The van der Waals surface area contributed by atoms with Crippen LogP contribution in [0.25, 0.3) is 16.9 Å². The number of hydrogen-bond acceptors (Lipinski definition) is 4. The number of urea groups is 1. The van der Waals surface area contributed by atoms with E-state index in [1.807, 2.05) is 42.3 Å². The van der Waals surface area contributed by atoms with Gasteiger partial charge in [0.2, 0.25) is 0 Å². The lowest BCUT2D eigenvalue weighted by Crippen LogP contribution is -2.49. The molecule has 1 aliphatic heterocycles. The minimum atomic E-state index is -0.0376. The Labute approximate surface area is 200 Å². The number of carbonyl (C=O) groups excluding carboxylic acids is 1. The Morgan fingerprint density at radius 2 is 1.71 bits per heavy atom. The number of rotatable bonds is 4. The van der Waals surface area contributed by atoms with E-state index < -0.39 is 0 Å². The number of anilines is 1. The normalized spacial score (nSPS) is 14.5. The zero-order valence-electron chi connectivity index (χ0n) is 20.0. The fourth-order valence-electron chi connectivity index (χ4n) is 4.42. The molecule has 3 heterocycles. The maximum absolute atomic E-state index is 12.9. The molecule has 0 bridgehead atoms. The average molecular weight is 455 g/mol. The number of pyridine rings is 1. The van der Waals surface area contributed by atoms with Gasteiger partial charge >= 0.3 is 6.03 Å². The van der Waals surface area contributed by atoms with Gasteiger partial charge in [0.1, 0.15) is 11.3 Å². The lowest BCUT2D eigenvalue weighted by atomic mass is 10.1. The molecule has 1 N–H and O–H groups in total. The summed E-state index contributed by atoms with van der Waals surface area (Å²) in [4.78, 5) is 26.6. The van der Waals surface area contributed by atoms with E-state index in [9.17, 15) is 4.79 Å². The molecule has 1 fully saturated rings. The molecule has 2 amide bonds. The molecule has 0 saturated carbocycles. The van der Waals surface area contributed by atoms with Crippen molar-refractivity contribution < 1.29 is 4.79 Å². The second-order valence-electron chi connectivity index (χ2n) is 8.99. The quantitative estimate of drug-likeness (QED) is 0.486. The molecule has 2 aromatic carbocycles. The molecule has 1 saturated heterocycles. The predicted molar refractivity (Wildman–Crippen MR) is 135 cm³/mol. The van der Waals surface area contributed by atoms with Gasteiger partial charge in [-0.3, -0.25) is 9.47 Å². The third kappa shape index (κ3) is 4.39. The Hall–Kier alpha value is -3.71. The Morgan fingerprint density at radius 1 is 0.941 bits per heavy atom. The monoisotopic (exact) mass is 454 g/mol. The van der Waals surface area contributed by atoms with Crippen molar-refractivity contribution in [2.24, 2.45) is 0 Å². The summed E-state index contributed by atoms with van der Waals surface area (Å²) in [5, 5.41) is 3.08. The highest BCUT2D eigenvalue weighted by Crippen LogP contribution is 2.22. The summed E-state index contributed by atoms with van der Waals surface area (Å²) in [6.07, 6.45) is 1.81. The van der Waals surface area contributed by atoms with Crippen molar-refractivity contribution in [3.05, 3.63) is 83.3 Å². The number of fused-ring (bicyclic) bond motifs is 1. The van der Waals surface area contributed by atoms with Gasteiger partial charge in [0.05, 0.1) is 6.54 Å². The number of hydrogen-bond donors (Lipinski definition) is 1. The van der Waals surface area contributed by atoms with Crippen molar-refractivity contribution in [3.8, 4) is 5.69 Å². The van der Waals surface area contributed by atoms with Crippen LogP contribution in [0.5, 0.6) is 0 Å². The topological polar surface area (TPSA) is 66.3 Å². The molecular weight excluding hydrogens is 424 g/mol. The first-order valence-corrected chi connectivity index (χ1v) is 11.7. The van der Waals surface area contributed by atoms with Crippen molar-refractivity contribution in [1.82, 2.24) is 24.3 Å². The van der Waals surface area contributed by atoms with E-state index in [4.69, 9.17) is 4.98 Å². The largest absolute Gasteiger partial charge is 0.322 e. The van der Waals surface area contributed by atoms with Crippen molar-refractivity contribution in [3.63, 3.8) is 0 Å². The molecule has 0 spiro atoms. The highest BCUT2D eigenvalue weighted by Gasteiger charge is 2.24. The van der Waals surface area contributed by atoms with Gasteiger partial charge in [-0.15, -0.1) is 0 Å². The van der Waals surface area contributed by atoms with Gasteiger partial charge in [0.15, 0.2) is 5.65 Å². The smallest absolute Gasteiger partial charge is 0.321 e. The third-order valence-corrected chi connectivity index (χ3v) is 6.65. The SMILES string of the molecule is Cc1ccc(-n2c(CN3CCN(C(=O)Nc4cccc(C)c4C)CC3)nc3cccnc32)cc1. The summed E-state index contributed by atoms with van der Waals surface area (Å²) >= 11 is 0. The summed E-state index contributed by atoms with van der Waals surface area (Å²) in [5.41, 5.74) is 7.21. The van der Waals surface area contributed by atoms with E-state index >= 15 is 0 Å². The lowest BCUT2D eigenvalue weighted by Gasteiger charge is -2.34. The third-order valence-electron chi connectivity index (χ3n) is 6.65. The van der Waals surface area contributed by atoms with Gasteiger partial charge in [-0.1, -0.05) is 29.8 Å². The minimum absolute atomic E-state index is 0.0376. The number of aryl methyl sites for hydroxylation is 2. The Balaban J connectivity index is 1.29. The summed E-state index contributed by atoms with van der Waals surface area (Å²) in [5.74, 6) is 0.964. The fourth-order valence-corrected chi connectivity index (χ4v) is 4.42. The molecule has 0 unspecified atom stereocenters. The van der Waals surface area contributed by atoms with E-state index in [2.05, 4.69) is 63.9 Å². The van der Waals surface area contributed by atoms with Crippen molar-refractivity contribution in [2.75, 3.05) is 31.5 Å². The van der Waals surface area contributed by atoms with Crippen LogP contribution in [-0.4, -0.2) is 56.5 Å². The molecule has 7 nitrogen and oxygen atoms in total. The minimum Gasteiger partial charge on any atom is -0.322 e. The molecule has 5 rings (SSSR count). The first kappa shape index (κ1) is 22.1. The molecule has 4 aromatic rings. The molecule has 7 heteroatoms. The van der Waals surface area contributed by atoms with Crippen LogP contribution in [0.15, 0.2) is 60.8 Å². The van der Waals surface area contributed by atoms with Crippen LogP contribution in [0.3, 0.4) is 0 Å². The molecule has 0 atom stereocenters. The zero-order chi connectivity index (χ0) is 23.7. The molecule has 1 aliphatic rings. The van der Waals surface area contributed by atoms with Gasteiger partial charge in [-0.05, 0) is 62.2 Å². The van der Waals surface area contributed by atoms with E-state index in [0.717, 1.165) is 47.0 Å². The van der Waals surface area contributed by atoms with Crippen LogP contribution >= 0.6 is 0 Å². The van der Waals surface area contributed by atoms with E-state index in [-0.39, 0.29) is 6.03 Å². The average Bonchev–Trinajstić information content (AvgIpc) is 3.21. The number of amides is 2. The van der Waals surface area contributed by atoms with Crippen LogP contribution in [0.2, 0.25) is 0 Å². The summed E-state index contributed by atoms with van der Waals surface area (Å²) in [6.45, 7) is 9.84. The summed E-state index contributed by atoms with van der Waals surface area (Å²) < 4.78 is 2.15. The molecular formula is C27H30N6O. The Bertz CT molecular complexity index is 1320. The van der Waals surface area contributed by atoms with Crippen LogP contribution in [0, 0.1) is 20.8 Å². The van der Waals surface area contributed by atoms with Crippen LogP contribution in [0.1, 0.15) is 22.5 Å². The van der Waals surface area contributed by atoms with Gasteiger partial charge in [-0.25, -0.2) is 14.8 Å². The standard InChI is InChI=1S/C27H30N6O/c1-19-9-11-22(12-10-19)33-25(29-24-8-5-13-28-26(24)33)18-31-14-16-32(17-15-31)27(34)30-23-7-4-6-20(2)21(23)3/h4-13H,14-18H2,1-3H3,(H,30,34). The van der Waals surface area contributed by atoms with Crippen LogP contribution < -0.4 is 5.32 Å². The van der Waals surface area contributed by atoms with Crippen LogP contribution in [-0.2, 0) is 6.54 Å². The maximum atomic E-state index is 12.9. The van der Waals surface area contributed by atoms with E-state index in [1.54, 1.807) is 0 Å². The van der Waals surface area contributed by atoms with Crippen molar-refractivity contribution in [1.29, 1.82) is 0 Å². The fraction of sp³-hybridized carbons (Fsp3) is 0.296. The first-order chi connectivity index (χ1) is 16.5. The maximum Gasteiger partial charge on any atom is 0.321 e. The van der Waals surface area contributed by atoms with Gasteiger partial charge in [0, 0.05) is 43.8 Å². The highest BCUT2D eigenvalue weighted by atomic mass is 16.2. The number of benzene rings is 2. The highest BCUT2D eigenvalue weighted by molar-refractivity contribution is 5.90. The molecule has 0 aliphatic carbocycles. The second kappa shape index (κ2) is 9.27. The van der Waals surface area contributed by atoms with Crippen molar-refractivity contribution >= 4 is 22.9 Å². The summed E-state index contributed by atoms with van der Waals surface area (Å²) in [6, 6.07) is 18.3. The van der Waals surface area contributed by atoms with E-state index in [0.29, 0.717) is 19.6 Å². The molecule has 34 heavy (non-hydrogen) atoms. The number of imidazole rings is 1. The predicted octanol–water partition coefficient (Wildman–Crippen LogP) is 4.70. The lowest BCUT2D eigenvalue weighted by molar-refractivity contribution is 0.140. The Morgan fingerprint density at radius 3 is 2.47 bits per heavy atom. The number of nitrogens with one attached hydrogen (secondary N) is 1. The van der Waals surface area contributed by atoms with Crippen molar-refractivity contribution in [2.45, 2.75) is 27.3 Å². The molecule has 2 aromatic heterocycles. The molecule has 0 radical (unpaired) electrons. The Kier molecular flexibility index (Phi) is 6.02. The first-order valence-electron chi connectivity index (χ1n) is 11.7. The second-order valence-corrected chi connectivity index (χ2v) is 8.99. The summed E-state index contributed by atoms with van der Waals surface area (Å²) in [7, 11) is 0. The number of aromatic nitrogens is 3. The number of carbonyl (C=O) groups is 1. The van der Waals surface area contributed by atoms with Gasteiger partial charge in [-0.2, -0.15) is 0 Å². The van der Waals surface area contributed by atoms with Crippen LogP contribution in [0.4, 0.5) is 10.5 Å². The number of piperazine rings is 1. The van der Waals surface area contributed by atoms with Gasteiger partial charge in [0.25, 0.3) is 0 Å². The van der Waals surface area contributed by atoms with Gasteiger partial charge < -0.3 is 10.2 Å². The molecule has 174 valence electrons. The zero-order valence-corrected chi connectivity index (χ0v) is 20.0.